The molecular formula is C15H17N3O2S. The summed E-state index contributed by atoms with van der Waals surface area (Å²) >= 11 is 1.36. The van der Waals surface area contributed by atoms with Crippen LogP contribution in [0.3, 0.4) is 0 Å². The third-order valence-corrected chi connectivity index (χ3v) is 3.67. The zero-order chi connectivity index (χ0) is 15.2. The predicted octanol–water partition coefficient (Wildman–Crippen LogP) is 2.88. The Morgan fingerprint density at radius 1 is 1.29 bits per heavy atom. The number of carbonyl (C=O) groups excluding carboxylic acids is 2. The molecule has 0 saturated carbocycles. The summed E-state index contributed by atoms with van der Waals surface area (Å²) in [5, 5.41) is 4.43. The number of hydrogen-bond acceptors (Lipinski definition) is 4. The van der Waals surface area contributed by atoms with Crippen molar-refractivity contribution in [2.45, 2.75) is 13.8 Å². The van der Waals surface area contributed by atoms with Crippen molar-refractivity contribution in [3.8, 4) is 0 Å². The summed E-state index contributed by atoms with van der Waals surface area (Å²) in [5.41, 5.74) is 3.14. The van der Waals surface area contributed by atoms with Gasteiger partial charge in [0.1, 0.15) is 5.69 Å². The molecule has 0 fully saturated rings. The zero-order valence-corrected chi connectivity index (χ0v) is 12.8. The van der Waals surface area contributed by atoms with Crippen molar-refractivity contribution >= 4 is 28.8 Å². The van der Waals surface area contributed by atoms with Gasteiger partial charge in [0.15, 0.2) is 0 Å². The van der Waals surface area contributed by atoms with Gasteiger partial charge in [-0.3, -0.25) is 9.59 Å². The maximum atomic E-state index is 12.3. The van der Waals surface area contributed by atoms with Crippen LogP contribution in [-0.4, -0.2) is 34.8 Å². The van der Waals surface area contributed by atoms with Crippen LogP contribution in [0.2, 0.25) is 0 Å². The molecule has 2 aromatic rings. The summed E-state index contributed by atoms with van der Waals surface area (Å²) in [6, 6.07) is 6.95. The molecular weight excluding hydrogens is 286 g/mol. The van der Waals surface area contributed by atoms with Gasteiger partial charge in [-0.25, -0.2) is 4.98 Å². The van der Waals surface area contributed by atoms with Gasteiger partial charge in [0.25, 0.3) is 11.8 Å². The molecule has 21 heavy (non-hydrogen) atoms. The molecule has 5 nitrogen and oxygen atoms in total. The first-order valence-corrected chi connectivity index (χ1v) is 7.68. The van der Waals surface area contributed by atoms with E-state index in [0.717, 1.165) is 0 Å². The summed E-state index contributed by atoms with van der Waals surface area (Å²) in [4.78, 5) is 29.9. The summed E-state index contributed by atoms with van der Waals surface area (Å²) in [7, 11) is 0. The highest BCUT2D eigenvalue weighted by Gasteiger charge is 2.14. The fraction of sp³-hybridized carbons (Fsp3) is 0.267. The number of rotatable bonds is 5. The lowest BCUT2D eigenvalue weighted by Gasteiger charge is -2.18. The lowest BCUT2D eigenvalue weighted by molar-refractivity contribution is 0.0772. The second-order valence-corrected chi connectivity index (χ2v) is 5.10. The molecule has 0 unspecified atom stereocenters. The second-order valence-electron chi connectivity index (χ2n) is 4.39. The van der Waals surface area contributed by atoms with Crippen LogP contribution in [-0.2, 0) is 0 Å². The van der Waals surface area contributed by atoms with Gasteiger partial charge >= 0.3 is 0 Å². The zero-order valence-electron chi connectivity index (χ0n) is 12.0. The van der Waals surface area contributed by atoms with E-state index in [1.54, 1.807) is 40.1 Å². The number of nitrogens with one attached hydrogen (secondary N) is 1. The minimum Gasteiger partial charge on any atom is -0.339 e. The summed E-state index contributed by atoms with van der Waals surface area (Å²) in [5.74, 6) is -0.312. The summed E-state index contributed by atoms with van der Waals surface area (Å²) in [6.45, 7) is 5.19. The molecule has 1 aromatic carbocycles. The van der Waals surface area contributed by atoms with Crippen molar-refractivity contribution < 1.29 is 9.59 Å². The Morgan fingerprint density at radius 3 is 2.67 bits per heavy atom. The fourth-order valence-electron chi connectivity index (χ4n) is 1.94. The van der Waals surface area contributed by atoms with Gasteiger partial charge in [0.2, 0.25) is 0 Å². The molecule has 0 saturated heterocycles. The maximum absolute atomic E-state index is 12.3. The van der Waals surface area contributed by atoms with E-state index < -0.39 is 0 Å². The normalized spacial score (nSPS) is 10.2. The Labute approximate surface area is 127 Å². The van der Waals surface area contributed by atoms with Crippen LogP contribution in [0.15, 0.2) is 35.2 Å². The van der Waals surface area contributed by atoms with Crippen LogP contribution in [0.25, 0.3) is 0 Å². The van der Waals surface area contributed by atoms with E-state index in [0.29, 0.717) is 30.0 Å². The molecule has 0 aliphatic carbocycles. The molecule has 110 valence electrons. The topological polar surface area (TPSA) is 62.3 Å². The molecule has 2 amide bonds. The van der Waals surface area contributed by atoms with Gasteiger partial charge in [-0.15, -0.1) is 11.3 Å². The minimum atomic E-state index is -0.274. The summed E-state index contributed by atoms with van der Waals surface area (Å²) in [6.07, 6.45) is 0. The summed E-state index contributed by atoms with van der Waals surface area (Å²) < 4.78 is 0. The van der Waals surface area contributed by atoms with Crippen molar-refractivity contribution in [1.82, 2.24) is 9.88 Å². The fourth-order valence-corrected chi connectivity index (χ4v) is 2.48. The van der Waals surface area contributed by atoms with Crippen LogP contribution in [0.1, 0.15) is 34.7 Å². The van der Waals surface area contributed by atoms with Crippen LogP contribution >= 0.6 is 11.3 Å². The maximum Gasteiger partial charge on any atom is 0.275 e. The highest BCUT2D eigenvalue weighted by atomic mass is 32.1. The standard InChI is InChI=1S/C15H17N3O2S/c1-3-18(4-2)15(20)11-6-5-7-12(8-11)17-14(19)13-9-21-10-16-13/h5-10H,3-4H2,1-2H3,(H,17,19). The Balaban J connectivity index is 2.14. The van der Waals surface area contributed by atoms with Gasteiger partial charge in [0.05, 0.1) is 5.51 Å². The molecule has 0 bridgehead atoms. The van der Waals surface area contributed by atoms with Gasteiger partial charge in [-0.05, 0) is 32.0 Å². The third kappa shape index (κ3) is 3.66. The van der Waals surface area contributed by atoms with Gasteiger partial charge in [-0.1, -0.05) is 6.07 Å². The Bertz CT molecular complexity index is 622. The lowest BCUT2D eigenvalue weighted by atomic mass is 10.1. The van der Waals surface area contributed by atoms with Crippen LogP contribution in [0.4, 0.5) is 5.69 Å². The Kier molecular flexibility index (Phi) is 5.05. The smallest absolute Gasteiger partial charge is 0.275 e. The number of nitrogens with zero attached hydrogens (tertiary/aromatic N) is 2. The van der Waals surface area contributed by atoms with E-state index in [1.165, 1.54) is 11.3 Å². The molecule has 1 aromatic heterocycles. The first kappa shape index (κ1) is 15.2. The van der Waals surface area contributed by atoms with Crippen LogP contribution < -0.4 is 5.32 Å². The largest absolute Gasteiger partial charge is 0.339 e. The number of carbonyl (C=O) groups is 2. The van der Waals surface area contributed by atoms with Crippen molar-refractivity contribution in [2.75, 3.05) is 18.4 Å². The number of thiazole rings is 1. The minimum absolute atomic E-state index is 0.0373. The van der Waals surface area contributed by atoms with Gasteiger partial charge in [-0.2, -0.15) is 0 Å². The number of amides is 2. The number of hydrogen-bond donors (Lipinski definition) is 1. The van der Waals surface area contributed by atoms with E-state index >= 15 is 0 Å². The number of aromatic nitrogens is 1. The molecule has 0 spiro atoms. The molecule has 0 radical (unpaired) electrons. The highest BCUT2D eigenvalue weighted by Crippen LogP contribution is 2.14. The number of benzene rings is 1. The van der Waals surface area contributed by atoms with E-state index in [-0.39, 0.29) is 11.8 Å². The predicted molar refractivity (Wildman–Crippen MR) is 83.8 cm³/mol. The van der Waals surface area contributed by atoms with Gasteiger partial charge in [0, 0.05) is 29.7 Å². The molecule has 1 N–H and O–H groups in total. The second kappa shape index (κ2) is 6.99. The van der Waals surface area contributed by atoms with Crippen molar-refractivity contribution in [3.05, 3.63) is 46.4 Å². The molecule has 0 aliphatic rings. The van der Waals surface area contributed by atoms with Gasteiger partial charge < -0.3 is 10.2 Å². The van der Waals surface area contributed by atoms with E-state index in [4.69, 9.17) is 0 Å². The van der Waals surface area contributed by atoms with Crippen LogP contribution in [0.5, 0.6) is 0 Å². The monoisotopic (exact) mass is 303 g/mol. The average molecular weight is 303 g/mol. The van der Waals surface area contributed by atoms with E-state index in [2.05, 4.69) is 10.3 Å². The average Bonchev–Trinajstić information content (AvgIpc) is 3.03. The molecule has 0 atom stereocenters. The molecule has 6 heteroatoms. The van der Waals surface area contributed by atoms with Crippen LogP contribution in [0, 0.1) is 0 Å². The highest BCUT2D eigenvalue weighted by molar-refractivity contribution is 7.07. The van der Waals surface area contributed by atoms with E-state index in [9.17, 15) is 9.59 Å². The Hall–Kier alpha value is -2.21. The first-order chi connectivity index (χ1) is 10.2. The Morgan fingerprint density at radius 2 is 2.05 bits per heavy atom. The van der Waals surface area contributed by atoms with Crippen molar-refractivity contribution in [3.63, 3.8) is 0 Å². The lowest BCUT2D eigenvalue weighted by Crippen LogP contribution is -2.30. The molecule has 2 rings (SSSR count). The first-order valence-electron chi connectivity index (χ1n) is 6.74. The molecule has 1 heterocycles. The molecule has 0 aliphatic heterocycles. The SMILES string of the molecule is CCN(CC)C(=O)c1cccc(NC(=O)c2cscn2)c1. The quantitative estimate of drug-likeness (QED) is 0.924. The van der Waals surface area contributed by atoms with E-state index in [1.807, 2.05) is 13.8 Å². The number of anilines is 1. The van der Waals surface area contributed by atoms with Crippen molar-refractivity contribution in [2.24, 2.45) is 0 Å². The third-order valence-electron chi connectivity index (χ3n) is 3.08. The van der Waals surface area contributed by atoms with Crippen molar-refractivity contribution in [1.29, 1.82) is 0 Å².